The Bertz CT molecular complexity index is 1440. The topological polar surface area (TPSA) is 49.3 Å². The van der Waals surface area contributed by atoms with E-state index < -0.39 is 11.6 Å². The van der Waals surface area contributed by atoms with Gasteiger partial charge in [0.25, 0.3) is 5.91 Å². The molecule has 2 fully saturated rings. The molecule has 3 aromatic carbocycles. The standard InChI is InChI=1S/C28H24F2N4O/c1-17-10-11-20(18-6-3-2-4-7-18)25(26(17)30)28(35)33-13-12-19-15-34(23(19)16-33)24-14-31-27-21(29)8-5-9-22(27)32-24/h2-11,14,19,23H,12-13,15-16H2,1H3/t19?,23-/m1/s1. The van der Waals surface area contributed by atoms with Crippen LogP contribution in [0.4, 0.5) is 14.6 Å². The van der Waals surface area contributed by atoms with Crippen molar-refractivity contribution in [1.82, 2.24) is 14.9 Å². The van der Waals surface area contributed by atoms with Crippen LogP contribution in [-0.2, 0) is 0 Å². The van der Waals surface area contributed by atoms with E-state index in [0.29, 0.717) is 41.5 Å². The fourth-order valence-electron chi connectivity index (χ4n) is 5.28. The number of anilines is 1. The van der Waals surface area contributed by atoms with E-state index >= 15 is 4.39 Å². The molecule has 1 unspecified atom stereocenters. The van der Waals surface area contributed by atoms with Crippen LogP contribution in [0, 0.1) is 24.5 Å². The Labute approximate surface area is 202 Å². The smallest absolute Gasteiger partial charge is 0.257 e. The molecule has 2 saturated heterocycles. The molecule has 0 bridgehead atoms. The first-order valence-corrected chi connectivity index (χ1v) is 11.8. The van der Waals surface area contributed by atoms with Gasteiger partial charge in [-0.2, -0.15) is 0 Å². The van der Waals surface area contributed by atoms with Crippen LogP contribution in [-0.4, -0.2) is 46.5 Å². The lowest BCUT2D eigenvalue weighted by atomic mass is 9.82. The van der Waals surface area contributed by atoms with Gasteiger partial charge >= 0.3 is 0 Å². The number of hydrogen-bond acceptors (Lipinski definition) is 4. The van der Waals surface area contributed by atoms with Crippen molar-refractivity contribution >= 4 is 22.8 Å². The lowest BCUT2D eigenvalue weighted by Crippen LogP contribution is -2.65. The Morgan fingerprint density at radius 2 is 1.83 bits per heavy atom. The van der Waals surface area contributed by atoms with Crippen molar-refractivity contribution in [3.63, 3.8) is 0 Å². The number of amides is 1. The molecule has 6 rings (SSSR count). The molecule has 0 aliphatic carbocycles. The van der Waals surface area contributed by atoms with Crippen LogP contribution >= 0.6 is 0 Å². The van der Waals surface area contributed by atoms with Gasteiger partial charge in [0, 0.05) is 25.6 Å². The number of hydrogen-bond donors (Lipinski definition) is 0. The number of likely N-dealkylation sites (tertiary alicyclic amines) is 1. The van der Waals surface area contributed by atoms with E-state index in [1.54, 1.807) is 36.2 Å². The minimum Gasteiger partial charge on any atom is -0.350 e. The summed E-state index contributed by atoms with van der Waals surface area (Å²) in [7, 11) is 0. The summed E-state index contributed by atoms with van der Waals surface area (Å²) in [5, 5.41) is 0. The highest BCUT2D eigenvalue weighted by molar-refractivity contribution is 6.01. The summed E-state index contributed by atoms with van der Waals surface area (Å²) in [5.74, 6) is -0.0503. The molecule has 35 heavy (non-hydrogen) atoms. The average molecular weight is 471 g/mol. The summed E-state index contributed by atoms with van der Waals surface area (Å²) in [6.07, 6.45) is 2.44. The molecule has 3 heterocycles. The number of carbonyl (C=O) groups excluding carboxylic acids is 1. The maximum atomic E-state index is 15.4. The van der Waals surface area contributed by atoms with Crippen LogP contribution in [0.2, 0.25) is 0 Å². The van der Waals surface area contributed by atoms with Gasteiger partial charge in [0.05, 0.1) is 23.3 Å². The third-order valence-electron chi connectivity index (χ3n) is 7.28. The number of fused-ring (bicyclic) bond motifs is 2. The number of aromatic nitrogens is 2. The highest BCUT2D eigenvalue weighted by Crippen LogP contribution is 2.37. The Morgan fingerprint density at radius 3 is 2.66 bits per heavy atom. The molecular weight excluding hydrogens is 446 g/mol. The van der Waals surface area contributed by atoms with Gasteiger partial charge in [0.2, 0.25) is 0 Å². The summed E-state index contributed by atoms with van der Waals surface area (Å²) >= 11 is 0. The van der Waals surface area contributed by atoms with E-state index in [2.05, 4.69) is 14.9 Å². The molecular formula is C28H24F2N4O. The maximum Gasteiger partial charge on any atom is 0.257 e. The van der Waals surface area contributed by atoms with Crippen molar-refractivity contribution in [2.45, 2.75) is 19.4 Å². The average Bonchev–Trinajstić information content (AvgIpc) is 2.86. The van der Waals surface area contributed by atoms with Crippen LogP contribution < -0.4 is 4.90 Å². The van der Waals surface area contributed by atoms with Gasteiger partial charge in [-0.1, -0.05) is 48.5 Å². The van der Waals surface area contributed by atoms with Crippen molar-refractivity contribution in [3.8, 4) is 11.1 Å². The van der Waals surface area contributed by atoms with Gasteiger partial charge < -0.3 is 9.80 Å². The van der Waals surface area contributed by atoms with Gasteiger partial charge in [-0.3, -0.25) is 4.79 Å². The second-order valence-corrected chi connectivity index (χ2v) is 9.34. The molecule has 0 spiro atoms. The van der Waals surface area contributed by atoms with Crippen molar-refractivity contribution in [2.24, 2.45) is 5.92 Å². The highest BCUT2D eigenvalue weighted by Gasteiger charge is 2.45. The molecule has 2 atom stereocenters. The zero-order valence-corrected chi connectivity index (χ0v) is 19.3. The lowest BCUT2D eigenvalue weighted by molar-refractivity contribution is 0.0587. The SMILES string of the molecule is Cc1ccc(-c2ccccc2)c(C(=O)N2CCC3CN(c4cnc5c(F)cccc5n4)[C@@H]3C2)c1F. The van der Waals surface area contributed by atoms with Crippen LogP contribution in [0.15, 0.2) is 66.9 Å². The molecule has 0 radical (unpaired) electrons. The van der Waals surface area contributed by atoms with E-state index in [-0.39, 0.29) is 23.0 Å². The molecule has 2 aliphatic heterocycles. The highest BCUT2D eigenvalue weighted by atomic mass is 19.1. The van der Waals surface area contributed by atoms with E-state index in [1.165, 1.54) is 6.07 Å². The number of halogens is 2. The normalized spacial score (nSPS) is 19.4. The number of nitrogens with zero attached hydrogens (tertiary/aromatic N) is 4. The number of piperidine rings is 1. The predicted molar refractivity (Wildman–Crippen MR) is 131 cm³/mol. The monoisotopic (exact) mass is 470 g/mol. The van der Waals surface area contributed by atoms with Crippen LogP contribution in [0.1, 0.15) is 22.3 Å². The largest absolute Gasteiger partial charge is 0.350 e. The molecule has 5 nitrogen and oxygen atoms in total. The van der Waals surface area contributed by atoms with E-state index in [9.17, 15) is 9.18 Å². The van der Waals surface area contributed by atoms with Gasteiger partial charge in [-0.15, -0.1) is 0 Å². The Balaban J connectivity index is 1.29. The van der Waals surface area contributed by atoms with Crippen LogP contribution in [0.3, 0.4) is 0 Å². The first kappa shape index (κ1) is 21.6. The Hall–Kier alpha value is -3.87. The number of benzene rings is 3. The molecule has 1 aromatic heterocycles. The molecule has 2 aliphatic rings. The minimum absolute atomic E-state index is 0.0704. The summed E-state index contributed by atoms with van der Waals surface area (Å²) < 4.78 is 29.4. The van der Waals surface area contributed by atoms with Crippen molar-refractivity contribution in [3.05, 3.63) is 89.6 Å². The van der Waals surface area contributed by atoms with Gasteiger partial charge in [0.1, 0.15) is 17.2 Å². The number of aryl methyl sites for hydroxylation is 1. The summed E-state index contributed by atoms with van der Waals surface area (Å²) in [6.45, 7) is 3.57. The summed E-state index contributed by atoms with van der Waals surface area (Å²) in [4.78, 5) is 26.5. The van der Waals surface area contributed by atoms with Gasteiger partial charge in [0.15, 0.2) is 5.82 Å². The fourth-order valence-corrected chi connectivity index (χ4v) is 5.28. The number of rotatable bonds is 3. The van der Waals surface area contributed by atoms with Gasteiger partial charge in [-0.05, 0) is 42.2 Å². The van der Waals surface area contributed by atoms with Crippen molar-refractivity contribution in [2.75, 3.05) is 24.5 Å². The van der Waals surface area contributed by atoms with Gasteiger partial charge in [-0.25, -0.2) is 18.7 Å². The lowest BCUT2D eigenvalue weighted by Gasteiger charge is -2.54. The van der Waals surface area contributed by atoms with E-state index in [0.717, 1.165) is 18.5 Å². The Morgan fingerprint density at radius 1 is 1.00 bits per heavy atom. The first-order chi connectivity index (χ1) is 17.0. The van der Waals surface area contributed by atoms with E-state index in [4.69, 9.17) is 0 Å². The van der Waals surface area contributed by atoms with Crippen LogP contribution in [0.5, 0.6) is 0 Å². The molecule has 0 N–H and O–H groups in total. The quantitative estimate of drug-likeness (QED) is 0.411. The summed E-state index contributed by atoms with van der Waals surface area (Å²) in [5.41, 5.74) is 2.75. The molecule has 176 valence electrons. The molecule has 7 heteroatoms. The zero-order valence-electron chi connectivity index (χ0n) is 19.3. The third kappa shape index (κ3) is 3.62. The maximum absolute atomic E-state index is 15.4. The van der Waals surface area contributed by atoms with Crippen LogP contribution in [0.25, 0.3) is 22.2 Å². The molecule has 1 amide bonds. The van der Waals surface area contributed by atoms with Crippen molar-refractivity contribution < 1.29 is 13.6 Å². The second kappa shape index (κ2) is 8.41. The molecule has 0 saturated carbocycles. The van der Waals surface area contributed by atoms with E-state index in [1.807, 2.05) is 36.4 Å². The number of carbonyl (C=O) groups is 1. The molecule has 4 aromatic rings. The Kier molecular flexibility index (Phi) is 5.20. The predicted octanol–water partition coefficient (Wildman–Crippen LogP) is 5.23. The summed E-state index contributed by atoms with van der Waals surface area (Å²) in [6, 6.07) is 17.8. The second-order valence-electron chi connectivity index (χ2n) is 9.34. The zero-order chi connectivity index (χ0) is 24.1. The first-order valence-electron chi connectivity index (χ1n) is 11.8. The third-order valence-corrected chi connectivity index (χ3v) is 7.28. The number of para-hydroxylation sites is 1. The van der Waals surface area contributed by atoms with Crippen molar-refractivity contribution in [1.29, 1.82) is 0 Å². The minimum atomic E-state index is -0.466. The fraction of sp³-hybridized carbons (Fsp3) is 0.250.